The lowest BCUT2D eigenvalue weighted by molar-refractivity contribution is 0.0457. The fourth-order valence-corrected chi connectivity index (χ4v) is 6.14. The highest BCUT2D eigenvalue weighted by molar-refractivity contribution is 8.04. The number of aromatic nitrogens is 1. The summed E-state index contributed by atoms with van der Waals surface area (Å²) in [6.45, 7) is 17.4. The summed E-state index contributed by atoms with van der Waals surface area (Å²) in [4.78, 5) is 24.7. The number of aliphatic hydroxyl groups is 1. The minimum absolute atomic E-state index is 0.0484. The maximum absolute atomic E-state index is 14.7. The van der Waals surface area contributed by atoms with Crippen molar-refractivity contribution in [1.29, 1.82) is 0 Å². The van der Waals surface area contributed by atoms with Crippen molar-refractivity contribution in [1.82, 2.24) is 14.8 Å². The highest BCUT2D eigenvalue weighted by atomic mass is 32.2. The molecule has 4 rings (SSSR count). The smallest absolute Gasteiger partial charge is 0.142 e. The van der Waals surface area contributed by atoms with Gasteiger partial charge in [-0.1, -0.05) is 26.5 Å². The van der Waals surface area contributed by atoms with Gasteiger partial charge in [0.15, 0.2) is 0 Å². The van der Waals surface area contributed by atoms with Gasteiger partial charge in [0.05, 0.1) is 24.2 Å². The quantitative estimate of drug-likeness (QED) is 0.148. The summed E-state index contributed by atoms with van der Waals surface area (Å²) in [6, 6.07) is 9.39. The van der Waals surface area contributed by atoms with Gasteiger partial charge in [0.1, 0.15) is 17.6 Å². The third-order valence-electron chi connectivity index (χ3n) is 8.04. The summed E-state index contributed by atoms with van der Waals surface area (Å²) in [6.07, 6.45) is 8.10. The number of halogens is 1. The molecule has 2 fully saturated rings. The zero-order chi connectivity index (χ0) is 33.0. The van der Waals surface area contributed by atoms with Gasteiger partial charge >= 0.3 is 0 Å². The number of thioether (sulfide) groups is 1. The minimum Gasteiger partial charge on any atom is -0.395 e. The monoisotopic (exact) mass is 636 g/mol. The molecular weight excluding hydrogens is 587 g/mol. The first-order valence-corrected chi connectivity index (χ1v) is 16.4. The number of piperazine rings is 1. The summed E-state index contributed by atoms with van der Waals surface area (Å²) in [5.41, 5.74) is 3.10. The lowest BCUT2D eigenvalue weighted by Crippen LogP contribution is -2.52. The molecule has 8 nitrogen and oxygen atoms in total. The third-order valence-corrected chi connectivity index (χ3v) is 9.19. The van der Waals surface area contributed by atoms with Gasteiger partial charge < -0.3 is 20.6 Å². The molecule has 0 amide bonds. The van der Waals surface area contributed by atoms with Crippen LogP contribution >= 0.6 is 11.8 Å². The van der Waals surface area contributed by atoms with E-state index in [1.165, 1.54) is 56.8 Å². The van der Waals surface area contributed by atoms with Crippen LogP contribution in [-0.4, -0.2) is 89.2 Å². The van der Waals surface area contributed by atoms with Gasteiger partial charge in [-0.05, 0) is 75.9 Å². The number of anilines is 2. The number of rotatable bonds is 12. The van der Waals surface area contributed by atoms with Crippen LogP contribution in [0.2, 0.25) is 0 Å². The highest BCUT2D eigenvalue weighted by Gasteiger charge is 2.31. The molecule has 10 heteroatoms. The summed E-state index contributed by atoms with van der Waals surface area (Å²) < 4.78 is 14.2. The molecule has 0 bridgehead atoms. The van der Waals surface area contributed by atoms with Gasteiger partial charge in [-0.2, -0.15) is 0 Å². The highest BCUT2D eigenvalue weighted by Crippen LogP contribution is 2.35. The number of hydrogen-bond acceptors (Lipinski definition) is 9. The molecule has 1 aliphatic carbocycles. The van der Waals surface area contributed by atoms with Crippen molar-refractivity contribution in [3.05, 3.63) is 82.9 Å². The fraction of sp³-hybridized carbons (Fsp3) is 0.486. The first-order valence-electron chi connectivity index (χ1n) is 15.6. The van der Waals surface area contributed by atoms with E-state index in [0.717, 1.165) is 30.1 Å². The van der Waals surface area contributed by atoms with E-state index >= 15 is 0 Å². The summed E-state index contributed by atoms with van der Waals surface area (Å²) in [5, 5.41) is 15.7. The number of nitrogens with one attached hydrogen (secondary N) is 2. The number of likely N-dealkylation sites (N-methyl/N-ethyl adjacent to an activating group) is 1. The summed E-state index contributed by atoms with van der Waals surface area (Å²) >= 11 is 1.39. The molecule has 1 saturated carbocycles. The molecule has 2 heterocycles. The van der Waals surface area contributed by atoms with Crippen molar-refractivity contribution in [3.8, 4) is 0 Å². The Morgan fingerprint density at radius 2 is 1.96 bits per heavy atom. The van der Waals surface area contributed by atoms with Gasteiger partial charge in [0.25, 0.3) is 0 Å². The normalized spacial score (nSPS) is 19.5. The number of aliphatic hydroxyl groups excluding tert-OH is 1. The molecule has 2 aliphatic rings. The predicted octanol–water partition coefficient (Wildman–Crippen LogP) is 6.01. The van der Waals surface area contributed by atoms with E-state index in [2.05, 4.69) is 51.0 Å². The molecule has 0 spiro atoms. The van der Waals surface area contributed by atoms with E-state index in [1.54, 1.807) is 49.5 Å². The van der Waals surface area contributed by atoms with E-state index in [4.69, 9.17) is 0 Å². The third kappa shape index (κ3) is 11.2. The van der Waals surface area contributed by atoms with Crippen molar-refractivity contribution in [3.63, 3.8) is 0 Å². The second-order valence-electron chi connectivity index (χ2n) is 12.3. The SMILES string of the molecule is C=C(SC(C)(C)CO)/C(=C\C(=NC)c1cc(CC)ccc1F)Nc1ccnc(NC=C=O)c1.CC1CC(N2CCN(C)CC2)C1. The molecule has 2 aromatic rings. The number of carbonyl (C=O) groups excluding carboxylic acids is 1. The predicted molar refractivity (Wildman–Crippen MR) is 187 cm³/mol. The van der Waals surface area contributed by atoms with E-state index in [9.17, 15) is 14.3 Å². The molecule has 3 N–H and O–H groups in total. The van der Waals surface area contributed by atoms with E-state index in [1.807, 2.05) is 20.8 Å². The van der Waals surface area contributed by atoms with Crippen LogP contribution in [0.1, 0.15) is 51.7 Å². The van der Waals surface area contributed by atoms with Crippen molar-refractivity contribution in [2.24, 2.45) is 10.9 Å². The number of allylic oxidation sites excluding steroid dienone is 1. The van der Waals surface area contributed by atoms with Crippen LogP contribution in [0.25, 0.3) is 0 Å². The van der Waals surface area contributed by atoms with Crippen molar-refractivity contribution >= 4 is 34.9 Å². The molecule has 0 atom stereocenters. The van der Waals surface area contributed by atoms with E-state index < -0.39 is 4.75 Å². The maximum Gasteiger partial charge on any atom is 0.142 e. The largest absolute Gasteiger partial charge is 0.395 e. The lowest BCUT2D eigenvalue weighted by atomic mass is 9.80. The molecule has 1 aromatic carbocycles. The first-order chi connectivity index (χ1) is 21.5. The average Bonchev–Trinajstić information content (AvgIpc) is 3.01. The Kier molecular flexibility index (Phi) is 14.0. The van der Waals surface area contributed by atoms with Crippen molar-refractivity contribution in [2.75, 3.05) is 57.5 Å². The molecule has 1 aliphatic heterocycles. The maximum atomic E-state index is 14.7. The zero-order valence-electron chi connectivity index (χ0n) is 27.6. The number of nitrogens with zero attached hydrogens (tertiary/aromatic N) is 4. The van der Waals surface area contributed by atoms with E-state index in [0.29, 0.717) is 33.4 Å². The molecule has 0 unspecified atom stereocenters. The van der Waals surface area contributed by atoms with Crippen molar-refractivity contribution in [2.45, 2.75) is 57.7 Å². The molecule has 1 saturated heterocycles. The molecule has 244 valence electrons. The van der Waals surface area contributed by atoms with Crippen LogP contribution in [0.15, 0.2) is 71.0 Å². The van der Waals surface area contributed by atoms with Crippen LogP contribution in [-0.2, 0) is 11.2 Å². The Hall–Kier alpha value is -3.27. The van der Waals surface area contributed by atoms with Gasteiger partial charge in [0.2, 0.25) is 0 Å². The number of pyridine rings is 1. The summed E-state index contributed by atoms with van der Waals surface area (Å²) in [7, 11) is 3.83. The molecule has 0 radical (unpaired) electrons. The molecule has 1 aromatic heterocycles. The van der Waals surface area contributed by atoms with Crippen LogP contribution < -0.4 is 10.6 Å². The minimum atomic E-state index is -0.478. The lowest BCUT2D eigenvalue weighted by Gasteiger charge is -2.45. The van der Waals surface area contributed by atoms with Gasteiger partial charge in [-0.25, -0.2) is 14.2 Å². The van der Waals surface area contributed by atoms with E-state index in [-0.39, 0.29) is 12.4 Å². The first kappa shape index (κ1) is 36.2. The topological polar surface area (TPSA) is 93.1 Å². The number of benzene rings is 1. The molecule has 45 heavy (non-hydrogen) atoms. The summed E-state index contributed by atoms with van der Waals surface area (Å²) in [5.74, 6) is 2.72. The Labute approximate surface area is 272 Å². The average molecular weight is 637 g/mol. The fourth-order valence-electron chi connectivity index (χ4n) is 5.19. The van der Waals surface area contributed by atoms with Crippen LogP contribution in [0.5, 0.6) is 0 Å². The number of hydrogen-bond donors (Lipinski definition) is 3. The Bertz CT molecular complexity index is 1390. The second-order valence-corrected chi connectivity index (χ2v) is 14.1. The van der Waals surface area contributed by atoms with Gasteiger partial charge in [-0.15, -0.1) is 11.8 Å². The number of aryl methyl sites for hydroxylation is 1. The standard InChI is InChI=1S/C25H29FN4O2S.C10H20N2/c1-6-18-7-8-21(26)20(13-18)23(27-5)15-22(17(2)33-25(3,4)16-32)30-19-9-10-28-24(14-19)29-11-12-31;1-9-7-10(8-9)12-5-3-11(2)4-6-12/h7-11,13-15,32H,2,6,16H2,1,3-5H3,(H2,28,29,30);9-10H,3-8H2,1-2H3/b22-15+,27-23?;. The molecular formula is C35H49FN6O2S. The van der Waals surface area contributed by atoms with Gasteiger partial charge in [-0.3, -0.25) is 9.89 Å². The van der Waals surface area contributed by atoms with Crippen LogP contribution in [0, 0.1) is 11.7 Å². The second kappa shape index (κ2) is 17.4. The van der Waals surface area contributed by atoms with Crippen LogP contribution in [0.3, 0.4) is 0 Å². The number of aliphatic imine (C=N–C) groups is 1. The Morgan fingerprint density at radius 3 is 2.56 bits per heavy atom. The van der Waals surface area contributed by atoms with Crippen molar-refractivity contribution < 1.29 is 14.3 Å². The zero-order valence-corrected chi connectivity index (χ0v) is 28.4. The Balaban J connectivity index is 0.000000379. The Morgan fingerprint density at radius 1 is 1.24 bits per heavy atom. The van der Waals surface area contributed by atoms with Crippen LogP contribution in [0.4, 0.5) is 15.9 Å². The van der Waals surface area contributed by atoms with Gasteiger partial charge in [0, 0.05) is 72.4 Å².